The summed E-state index contributed by atoms with van der Waals surface area (Å²) in [5.74, 6) is -8.30. The first-order valence-electron chi connectivity index (χ1n) is 6.14. The molecule has 5 nitrogen and oxygen atoms in total. The second-order valence-corrected chi connectivity index (χ2v) is 6.68. The van der Waals surface area contributed by atoms with Crippen LogP contribution in [0.2, 0.25) is 0 Å². The minimum atomic E-state index is -4.60. The van der Waals surface area contributed by atoms with Crippen molar-refractivity contribution in [3.63, 3.8) is 0 Å². The summed E-state index contributed by atoms with van der Waals surface area (Å²) in [6, 6.07) is 4.30. The predicted molar refractivity (Wildman–Crippen MR) is 74.7 cm³/mol. The van der Waals surface area contributed by atoms with E-state index in [2.05, 4.69) is 10.3 Å². The zero-order valence-corrected chi connectivity index (χ0v) is 12.8. The normalized spacial score (nSPS) is 11.8. The predicted octanol–water partition coefficient (Wildman–Crippen LogP) is 2.63. The Hall–Kier alpha value is -2.20. The standard InChI is InChI=1S/C13H11F4N3O2S/c1-20(2)23(21,22)13-11(17)9(15)8(14)10(16)12(13)19-7-5-3-4-6-18-7/h3-6H,1-2H3,(H,18,19). The number of pyridine rings is 1. The van der Waals surface area contributed by atoms with E-state index in [0.29, 0.717) is 4.31 Å². The third kappa shape index (κ3) is 2.99. The van der Waals surface area contributed by atoms with Gasteiger partial charge in [-0.3, -0.25) is 0 Å². The lowest BCUT2D eigenvalue weighted by Crippen LogP contribution is -2.25. The summed E-state index contributed by atoms with van der Waals surface area (Å²) in [6.07, 6.45) is 1.29. The SMILES string of the molecule is CN(C)S(=O)(=O)c1c(F)c(F)c(F)c(F)c1Nc1ccccn1. The molecule has 0 aliphatic heterocycles. The molecule has 0 unspecified atom stereocenters. The Morgan fingerprint density at radius 1 is 1.00 bits per heavy atom. The van der Waals surface area contributed by atoms with Crippen molar-refractivity contribution < 1.29 is 26.0 Å². The molecule has 1 N–H and O–H groups in total. The monoisotopic (exact) mass is 349 g/mol. The van der Waals surface area contributed by atoms with Crippen molar-refractivity contribution in [1.29, 1.82) is 0 Å². The van der Waals surface area contributed by atoms with Crippen LogP contribution in [0.1, 0.15) is 0 Å². The zero-order chi connectivity index (χ0) is 17.4. The lowest BCUT2D eigenvalue weighted by molar-refractivity contribution is 0.396. The Balaban J connectivity index is 2.79. The molecule has 23 heavy (non-hydrogen) atoms. The fourth-order valence-electron chi connectivity index (χ4n) is 1.71. The lowest BCUT2D eigenvalue weighted by atomic mass is 10.2. The average molecular weight is 349 g/mol. The second-order valence-electron chi connectivity index (χ2n) is 4.59. The second kappa shape index (κ2) is 6.13. The Labute approximate surface area is 129 Å². The molecule has 0 spiro atoms. The molecule has 0 fully saturated rings. The Bertz CT molecular complexity index is 842. The third-order valence-corrected chi connectivity index (χ3v) is 4.74. The van der Waals surface area contributed by atoms with Gasteiger partial charge in [-0.2, -0.15) is 0 Å². The molecule has 10 heteroatoms. The molecule has 124 valence electrons. The van der Waals surface area contributed by atoms with Crippen LogP contribution in [0.25, 0.3) is 0 Å². The van der Waals surface area contributed by atoms with E-state index in [-0.39, 0.29) is 5.82 Å². The molecule has 1 heterocycles. The molecule has 0 aliphatic rings. The highest BCUT2D eigenvalue weighted by Gasteiger charge is 2.34. The molecule has 0 amide bonds. The largest absolute Gasteiger partial charge is 0.337 e. The summed E-state index contributed by atoms with van der Waals surface area (Å²) < 4.78 is 79.8. The number of nitrogens with one attached hydrogen (secondary N) is 1. The number of nitrogens with zero attached hydrogens (tertiary/aromatic N) is 2. The minimum absolute atomic E-state index is 0.0768. The number of halogens is 4. The molecule has 2 rings (SSSR count). The number of sulfonamides is 1. The topological polar surface area (TPSA) is 62.3 Å². The number of hydrogen-bond acceptors (Lipinski definition) is 4. The molecule has 0 aliphatic carbocycles. The molecular weight excluding hydrogens is 338 g/mol. The van der Waals surface area contributed by atoms with Crippen LogP contribution in [0.15, 0.2) is 29.3 Å². The van der Waals surface area contributed by atoms with Crippen molar-refractivity contribution in [1.82, 2.24) is 9.29 Å². The summed E-state index contributed by atoms with van der Waals surface area (Å²) in [5, 5.41) is 2.17. The molecule has 1 aromatic heterocycles. The number of anilines is 2. The number of benzene rings is 1. The van der Waals surface area contributed by atoms with E-state index in [4.69, 9.17) is 0 Å². The van der Waals surface area contributed by atoms with E-state index in [1.165, 1.54) is 24.4 Å². The van der Waals surface area contributed by atoms with Gasteiger partial charge in [0.2, 0.25) is 10.0 Å². The number of aromatic nitrogens is 1. The first kappa shape index (κ1) is 17.2. The zero-order valence-electron chi connectivity index (χ0n) is 11.9. The Morgan fingerprint density at radius 3 is 2.13 bits per heavy atom. The van der Waals surface area contributed by atoms with Crippen LogP contribution in [-0.2, 0) is 10.0 Å². The van der Waals surface area contributed by atoms with Gasteiger partial charge in [0.1, 0.15) is 16.4 Å². The molecule has 0 saturated carbocycles. The fourth-order valence-corrected chi connectivity index (χ4v) is 2.79. The molecule has 0 saturated heterocycles. The Kier molecular flexibility index (Phi) is 4.57. The van der Waals surface area contributed by atoms with Crippen molar-refractivity contribution in [2.75, 3.05) is 19.4 Å². The van der Waals surface area contributed by atoms with Gasteiger partial charge in [0.05, 0.1) is 0 Å². The molecule has 0 bridgehead atoms. The summed E-state index contributed by atoms with van der Waals surface area (Å²) in [7, 11) is -2.52. The van der Waals surface area contributed by atoms with Crippen LogP contribution >= 0.6 is 0 Å². The minimum Gasteiger partial charge on any atom is -0.337 e. The summed E-state index contributed by atoms with van der Waals surface area (Å²) >= 11 is 0. The maximum absolute atomic E-state index is 14.0. The van der Waals surface area contributed by atoms with E-state index in [1.807, 2.05) is 0 Å². The van der Waals surface area contributed by atoms with Crippen molar-refractivity contribution in [3.05, 3.63) is 47.7 Å². The molecule has 2 aromatic rings. The van der Waals surface area contributed by atoms with E-state index >= 15 is 0 Å². The first-order valence-corrected chi connectivity index (χ1v) is 7.58. The number of rotatable bonds is 4. The van der Waals surface area contributed by atoms with Crippen LogP contribution < -0.4 is 5.32 Å². The van der Waals surface area contributed by atoms with E-state index < -0.39 is 43.9 Å². The van der Waals surface area contributed by atoms with Crippen LogP contribution in [0.3, 0.4) is 0 Å². The molecule has 0 radical (unpaired) electrons. The fraction of sp³-hybridized carbons (Fsp3) is 0.154. The highest BCUT2D eigenvalue weighted by Crippen LogP contribution is 2.34. The molecule has 1 aromatic carbocycles. The van der Waals surface area contributed by atoms with Crippen molar-refractivity contribution >= 4 is 21.5 Å². The first-order chi connectivity index (χ1) is 10.7. The van der Waals surface area contributed by atoms with Crippen LogP contribution in [0.4, 0.5) is 29.1 Å². The van der Waals surface area contributed by atoms with E-state index in [1.54, 1.807) is 0 Å². The molecule has 0 atom stereocenters. The maximum Gasteiger partial charge on any atom is 0.247 e. The van der Waals surface area contributed by atoms with Crippen molar-refractivity contribution in [2.24, 2.45) is 0 Å². The van der Waals surface area contributed by atoms with Gasteiger partial charge >= 0.3 is 0 Å². The Morgan fingerprint density at radius 2 is 1.61 bits per heavy atom. The van der Waals surface area contributed by atoms with Gasteiger partial charge in [0.25, 0.3) is 0 Å². The van der Waals surface area contributed by atoms with Gasteiger partial charge in [0.15, 0.2) is 23.3 Å². The third-order valence-electron chi connectivity index (χ3n) is 2.88. The van der Waals surface area contributed by atoms with Gasteiger partial charge in [-0.15, -0.1) is 0 Å². The van der Waals surface area contributed by atoms with Crippen LogP contribution in [-0.4, -0.2) is 31.8 Å². The molecular formula is C13H11F4N3O2S. The summed E-state index contributed by atoms with van der Waals surface area (Å²) in [4.78, 5) is 2.40. The van der Waals surface area contributed by atoms with Gasteiger partial charge in [-0.05, 0) is 12.1 Å². The van der Waals surface area contributed by atoms with Gasteiger partial charge in [0, 0.05) is 20.3 Å². The highest BCUT2D eigenvalue weighted by molar-refractivity contribution is 7.89. The average Bonchev–Trinajstić information content (AvgIpc) is 2.51. The van der Waals surface area contributed by atoms with E-state index in [9.17, 15) is 26.0 Å². The van der Waals surface area contributed by atoms with Gasteiger partial charge in [-0.1, -0.05) is 6.07 Å². The maximum atomic E-state index is 14.0. The van der Waals surface area contributed by atoms with Crippen LogP contribution in [0, 0.1) is 23.3 Å². The summed E-state index contributed by atoms with van der Waals surface area (Å²) in [5.41, 5.74) is -1.06. The summed E-state index contributed by atoms with van der Waals surface area (Å²) in [6.45, 7) is 0. The van der Waals surface area contributed by atoms with Gasteiger partial charge < -0.3 is 5.32 Å². The highest BCUT2D eigenvalue weighted by atomic mass is 32.2. The lowest BCUT2D eigenvalue weighted by Gasteiger charge is -2.18. The van der Waals surface area contributed by atoms with Gasteiger partial charge in [-0.25, -0.2) is 35.3 Å². The van der Waals surface area contributed by atoms with Crippen LogP contribution in [0.5, 0.6) is 0 Å². The number of hydrogen-bond donors (Lipinski definition) is 1. The quantitative estimate of drug-likeness (QED) is 0.524. The smallest absolute Gasteiger partial charge is 0.247 e. The van der Waals surface area contributed by atoms with Crippen molar-refractivity contribution in [2.45, 2.75) is 4.90 Å². The van der Waals surface area contributed by atoms with E-state index in [0.717, 1.165) is 14.1 Å². The van der Waals surface area contributed by atoms with Crippen molar-refractivity contribution in [3.8, 4) is 0 Å².